The van der Waals surface area contributed by atoms with Gasteiger partial charge < -0.3 is 19.3 Å². The van der Waals surface area contributed by atoms with Crippen molar-refractivity contribution < 1.29 is 19.1 Å². The maximum Gasteiger partial charge on any atom is 0.254 e. The van der Waals surface area contributed by atoms with Gasteiger partial charge in [0.05, 0.1) is 36.6 Å². The number of aromatic nitrogens is 2. The summed E-state index contributed by atoms with van der Waals surface area (Å²) >= 11 is 0. The van der Waals surface area contributed by atoms with Crippen molar-refractivity contribution in [3.63, 3.8) is 0 Å². The number of carbonyl (C=O) groups excluding carboxylic acids is 2. The molecule has 0 atom stereocenters. The van der Waals surface area contributed by atoms with Crippen molar-refractivity contribution in [2.45, 2.75) is 20.3 Å². The van der Waals surface area contributed by atoms with Gasteiger partial charge in [-0.05, 0) is 56.7 Å². The third-order valence-electron chi connectivity index (χ3n) is 6.02. The van der Waals surface area contributed by atoms with Gasteiger partial charge in [0.2, 0.25) is 0 Å². The molecule has 2 amide bonds. The van der Waals surface area contributed by atoms with Crippen LogP contribution in [0.3, 0.4) is 0 Å². The summed E-state index contributed by atoms with van der Waals surface area (Å²) in [4.78, 5) is 39.0. The average Bonchev–Trinajstić information content (AvgIpc) is 3.09. The van der Waals surface area contributed by atoms with E-state index in [1.807, 2.05) is 19.9 Å². The zero-order chi connectivity index (χ0) is 23.5. The molecule has 1 aliphatic heterocycles. The molecule has 0 N–H and O–H groups in total. The van der Waals surface area contributed by atoms with Crippen molar-refractivity contribution in [1.29, 1.82) is 0 Å². The number of methoxy groups -OCH3 is 2. The van der Waals surface area contributed by atoms with Crippen LogP contribution in [-0.4, -0.2) is 72.0 Å². The zero-order valence-electron chi connectivity index (χ0n) is 19.4. The molecule has 33 heavy (non-hydrogen) atoms. The lowest BCUT2D eigenvalue weighted by Gasteiger charge is -2.23. The van der Waals surface area contributed by atoms with E-state index < -0.39 is 0 Å². The second-order valence-electron chi connectivity index (χ2n) is 8.11. The van der Waals surface area contributed by atoms with E-state index in [1.165, 1.54) is 0 Å². The first-order chi connectivity index (χ1) is 15.9. The smallest absolute Gasteiger partial charge is 0.254 e. The van der Waals surface area contributed by atoms with Crippen LogP contribution in [0.25, 0.3) is 11.0 Å². The summed E-state index contributed by atoms with van der Waals surface area (Å²) in [6.07, 6.45) is 0.705. The van der Waals surface area contributed by atoms with Crippen molar-refractivity contribution >= 4 is 22.8 Å². The summed E-state index contributed by atoms with van der Waals surface area (Å²) in [5.74, 6) is 0.946. The summed E-state index contributed by atoms with van der Waals surface area (Å²) in [5, 5.41) is 0. The molecule has 0 unspecified atom stereocenters. The molecule has 0 aliphatic carbocycles. The van der Waals surface area contributed by atoms with Crippen molar-refractivity contribution in [3.8, 4) is 11.5 Å². The highest BCUT2D eigenvalue weighted by Crippen LogP contribution is 2.28. The number of aryl methyl sites for hydroxylation is 2. The Morgan fingerprint density at radius 1 is 0.727 bits per heavy atom. The average molecular weight is 449 g/mol. The van der Waals surface area contributed by atoms with E-state index in [2.05, 4.69) is 9.97 Å². The number of ether oxygens (including phenoxy) is 2. The Labute approximate surface area is 193 Å². The van der Waals surface area contributed by atoms with Gasteiger partial charge in [-0.25, -0.2) is 9.97 Å². The lowest BCUT2D eigenvalue weighted by Crippen LogP contribution is -2.37. The fourth-order valence-electron chi connectivity index (χ4n) is 4.02. The highest BCUT2D eigenvalue weighted by atomic mass is 16.5. The third kappa shape index (κ3) is 4.60. The van der Waals surface area contributed by atoms with Crippen LogP contribution >= 0.6 is 0 Å². The predicted octanol–water partition coefficient (Wildman–Crippen LogP) is 3.25. The monoisotopic (exact) mass is 448 g/mol. The Balaban J connectivity index is 1.47. The minimum atomic E-state index is -0.0860. The van der Waals surface area contributed by atoms with Crippen molar-refractivity contribution in [1.82, 2.24) is 19.8 Å². The molecule has 8 heteroatoms. The zero-order valence-corrected chi connectivity index (χ0v) is 19.4. The molecule has 2 heterocycles. The fraction of sp³-hybridized carbons (Fsp3) is 0.360. The van der Waals surface area contributed by atoms with Crippen LogP contribution in [0.4, 0.5) is 0 Å². The van der Waals surface area contributed by atoms with E-state index in [0.29, 0.717) is 60.7 Å². The Morgan fingerprint density at radius 2 is 1.27 bits per heavy atom. The summed E-state index contributed by atoms with van der Waals surface area (Å²) in [7, 11) is 3.10. The van der Waals surface area contributed by atoms with E-state index in [4.69, 9.17) is 9.47 Å². The summed E-state index contributed by atoms with van der Waals surface area (Å²) < 4.78 is 10.6. The number of carbonyl (C=O) groups is 2. The number of fused-ring (bicyclic) bond motifs is 1. The molecule has 0 saturated carbocycles. The van der Waals surface area contributed by atoms with Gasteiger partial charge >= 0.3 is 0 Å². The maximum absolute atomic E-state index is 13.2. The van der Waals surface area contributed by atoms with Gasteiger partial charge in [-0.1, -0.05) is 0 Å². The van der Waals surface area contributed by atoms with Gasteiger partial charge in [0.1, 0.15) is 0 Å². The Hall–Kier alpha value is -3.68. The normalized spacial score (nSPS) is 14.2. The number of amides is 2. The van der Waals surface area contributed by atoms with Crippen LogP contribution < -0.4 is 9.47 Å². The second kappa shape index (κ2) is 9.44. The standard InChI is InChI=1S/C25H28N4O4/c1-16-17(2)27-21-14-18(6-8-20(21)26-16)24(30)28-10-5-11-29(13-12-28)25(31)19-7-9-22(32-3)23(15-19)33-4/h6-9,14-15H,5,10-13H2,1-4H3. The van der Waals surface area contributed by atoms with Crippen LogP contribution in [0.2, 0.25) is 0 Å². The van der Waals surface area contributed by atoms with Gasteiger partial charge in [0.15, 0.2) is 11.5 Å². The first-order valence-corrected chi connectivity index (χ1v) is 11.0. The van der Waals surface area contributed by atoms with Gasteiger partial charge in [0.25, 0.3) is 11.8 Å². The molecule has 1 saturated heterocycles. The molecule has 172 valence electrons. The number of hydrogen-bond acceptors (Lipinski definition) is 6. The van der Waals surface area contributed by atoms with Gasteiger partial charge in [-0.2, -0.15) is 0 Å². The van der Waals surface area contributed by atoms with E-state index in [1.54, 1.807) is 54.4 Å². The van der Waals surface area contributed by atoms with Gasteiger partial charge in [-0.3, -0.25) is 9.59 Å². The van der Waals surface area contributed by atoms with Crippen molar-refractivity contribution in [2.24, 2.45) is 0 Å². The Morgan fingerprint density at radius 3 is 1.88 bits per heavy atom. The minimum absolute atomic E-state index is 0.0580. The molecule has 0 radical (unpaired) electrons. The van der Waals surface area contributed by atoms with Crippen LogP contribution in [0.15, 0.2) is 36.4 Å². The molecule has 1 aromatic heterocycles. The van der Waals surface area contributed by atoms with Crippen LogP contribution in [-0.2, 0) is 0 Å². The van der Waals surface area contributed by atoms with Crippen LogP contribution in [0, 0.1) is 13.8 Å². The topological polar surface area (TPSA) is 84.9 Å². The molecular weight excluding hydrogens is 420 g/mol. The first-order valence-electron chi connectivity index (χ1n) is 11.0. The van der Waals surface area contributed by atoms with E-state index in [0.717, 1.165) is 16.9 Å². The summed E-state index contributed by atoms with van der Waals surface area (Å²) in [6, 6.07) is 10.6. The molecule has 1 aliphatic rings. The Kier molecular flexibility index (Phi) is 6.44. The van der Waals surface area contributed by atoms with Gasteiger partial charge in [0, 0.05) is 37.3 Å². The van der Waals surface area contributed by atoms with Crippen molar-refractivity contribution in [2.75, 3.05) is 40.4 Å². The SMILES string of the molecule is COc1ccc(C(=O)N2CCCN(C(=O)c3ccc4nc(C)c(C)nc4c3)CC2)cc1OC. The highest BCUT2D eigenvalue weighted by molar-refractivity contribution is 5.98. The summed E-state index contributed by atoms with van der Waals surface area (Å²) in [5.41, 5.74) is 4.34. The molecule has 1 fully saturated rings. The maximum atomic E-state index is 13.2. The fourth-order valence-corrected chi connectivity index (χ4v) is 4.02. The Bertz CT molecular complexity index is 1210. The van der Waals surface area contributed by atoms with E-state index in [-0.39, 0.29) is 11.8 Å². The molecular formula is C25H28N4O4. The number of rotatable bonds is 4. The first kappa shape index (κ1) is 22.5. The quantitative estimate of drug-likeness (QED) is 0.609. The summed E-state index contributed by atoms with van der Waals surface area (Å²) in [6.45, 7) is 5.94. The van der Waals surface area contributed by atoms with Gasteiger partial charge in [-0.15, -0.1) is 0 Å². The van der Waals surface area contributed by atoms with Crippen molar-refractivity contribution in [3.05, 3.63) is 58.9 Å². The predicted molar refractivity (Wildman–Crippen MR) is 125 cm³/mol. The number of nitrogens with zero attached hydrogens (tertiary/aromatic N) is 4. The highest BCUT2D eigenvalue weighted by Gasteiger charge is 2.24. The molecule has 0 bridgehead atoms. The lowest BCUT2D eigenvalue weighted by atomic mass is 10.1. The third-order valence-corrected chi connectivity index (χ3v) is 6.02. The number of hydrogen-bond donors (Lipinski definition) is 0. The second-order valence-corrected chi connectivity index (χ2v) is 8.11. The minimum Gasteiger partial charge on any atom is -0.493 e. The van der Waals surface area contributed by atoms with E-state index in [9.17, 15) is 9.59 Å². The lowest BCUT2D eigenvalue weighted by molar-refractivity contribution is 0.0718. The van der Waals surface area contributed by atoms with Crippen LogP contribution in [0.5, 0.6) is 11.5 Å². The number of benzene rings is 2. The van der Waals surface area contributed by atoms with E-state index >= 15 is 0 Å². The van der Waals surface area contributed by atoms with Crippen LogP contribution in [0.1, 0.15) is 38.5 Å². The molecule has 2 aromatic carbocycles. The molecule has 8 nitrogen and oxygen atoms in total. The largest absolute Gasteiger partial charge is 0.493 e. The molecule has 3 aromatic rings. The molecule has 4 rings (SSSR count). The molecule has 0 spiro atoms.